The number of nitrogens with two attached hydrogens (primary N) is 1. The van der Waals surface area contributed by atoms with Crippen molar-refractivity contribution in [2.45, 2.75) is 31.6 Å². The summed E-state index contributed by atoms with van der Waals surface area (Å²) in [5.41, 5.74) is 5.86. The summed E-state index contributed by atoms with van der Waals surface area (Å²) in [4.78, 5) is 10.4. The van der Waals surface area contributed by atoms with Crippen molar-refractivity contribution in [3.05, 3.63) is 33.9 Å². The molecule has 1 aromatic carbocycles. The number of sulfonamides is 1. The molecule has 0 amide bonds. The summed E-state index contributed by atoms with van der Waals surface area (Å²) in [5.74, 6) is 0. The quantitative estimate of drug-likeness (QED) is 0.635. The van der Waals surface area contributed by atoms with Crippen LogP contribution >= 0.6 is 12.4 Å². The van der Waals surface area contributed by atoms with Crippen molar-refractivity contribution >= 4 is 28.1 Å². The molecule has 1 aliphatic rings. The number of nitrogens with zero attached hydrogens (tertiary/aromatic N) is 2. The lowest BCUT2D eigenvalue weighted by Gasteiger charge is -2.23. The number of benzene rings is 1. The van der Waals surface area contributed by atoms with Gasteiger partial charge in [0.25, 0.3) is 5.69 Å². The Hall–Kier alpha value is -1.22. The van der Waals surface area contributed by atoms with Gasteiger partial charge in [0.2, 0.25) is 10.0 Å². The predicted molar refractivity (Wildman–Crippen MR) is 90.3 cm³/mol. The normalized spacial score (nSPS) is 21.9. The van der Waals surface area contributed by atoms with Gasteiger partial charge in [-0.1, -0.05) is 19.9 Å². The summed E-state index contributed by atoms with van der Waals surface area (Å²) < 4.78 is 27.1. The second-order valence-electron chi connectivity index (χ2n) is 6.01. The lowest BCUT2D eigenvalue weighted by atomic mass is 9.90. The van der Waals surface area contributed by atoms with Crippen LogP contribution in [0.3, 0.4) is 0 Å². The third kappa shape index (κ3) is 3.82. The Morgan fingerprint density at radius 2 is 2.09 bits per heavy atom. The molecule has 1 fully saturated rings. The zero-order valence-electron chi connectivity index (χ0n) is 13.2. The highest BCUT2D eigenvalue weighted by Crippen LogP contribution is 2.34. The van der Waals surface area contributed by atoms with E-state index in [-0.39, 0.29) is 28.4 Å². The molecular weight excluding hydrogens is 342 g/mol. The number of nitro benzene ring substituents is 1. The van der Waals surface area contributed by atoms with Crippen molar-refractivity contribution in [3.8, 4) is 0 Å². The van der Waals surface area contributed by atoms with E-state index in [4.69, 9.17) is 5.73 Å². The Labute approximate surface area is 142 Å². The van der Waals surface area contributed by atoms with Gasteiger partial charge in [-0.05, 0) is 30.4 Å². The van der Waals surface area contributed by atoms with Crippen molar-refractivity contribution in [1.29, 1.82) is 0 Å². The second kappa shape index (κ2) is 7.12. The van der Waals surface area contributed by atoms with E-state index in [0.29, 0.717) is 38.0 Å². The molecule has 0 radical (unpaired) electrons. The smallest absolute Gasteiger partial charge is 0.270 e. The molecule has 23 heavy (non-hydrogen) atoms. The lowest BCUT2D eigenvalue weighted by Crippen LogP contribution is -2.34. The number of halogens is 1. The lowest BCUT2D eigenvalue weighted by molar-refractivity contribution is -0.385. The zero-order valence-corrected chi connectivity index (χ0v) is 14.8. The molecule has 1 atom stereocenters. The average molecular weight is 364 g/mol. The molecule has 2 N–H and O–H groups in total. The van der Waals surface area contributed by atoms with Crippen molar-refractivity contribution in [2.24, 2.45) is 11.1 Å². The first kappa shape index (κ1) is 19.8. The summed E-state index contributed by atoms with van der Waals surface area (Å²) >= 11 is 0. The number of nitro groups is 1. The Bertz CT molecular complexity index is 695. The molecular formula is C14H22ClN3O4S. The molecule has 130 valence electrons. The molecule has 1 aromatic rings. The van der Waals surface area contributed by atoms with E-state index in [9.17, 15) is 18.5 Å². The molecule has 2 rings (SSSR count). The molecule has 0 aromatic heterocycles. The minimum absolute atomic E-state index is 0. The molecule has 1 heterocycles. The maximum absolute atomic E-state index is 12.9. The van der Waals surface area contributed by atoms with Crippen LogP contribution in [0.1, 0.15) is 25.8 Å². The van der Waals surface area contributed by atoms with E-state index < -0.39 is 14.9 Å². The largest absolute Gasteiger partial charge is 0.330 e. The van der Waals surface area contributed by atoms with Crippen LogP contribution in [-0.4, -0.2) is 37.3 Å². The zero-order chi connectivity index (χ0) is 16.5. The highest BCUT2D eigenvalue weighted by Gasteiger charge is 2.40. The van der Waals surface area contributed by atoms with Crippen molar-refractivity contribution < 1.29 is 13.3 Å². The minimum Gasteiger partial charge on any atom is -0.330 e. The monoisotopic (exact) mass is 363 g/mol. The number of hydrogen-bond acceptors (Lipinski definition) is 5. The molecule has 0 spiro atoms. The molecule has 1 unspecified atom stereocenters. The summed E-state index contributed by atoms with van der Waals surface area (Å²) in [6.45, 7) is 4.93. The van der Waals surface area contributed by atoms with Crippen LogP contribution in [0.5, 0.6) is 0 Å². The van der Waals surface area contributed by atoms with Crippen LogP contribution in [-0.2, 0) is 16.4 Å². The van der Waals surface area contributed by atoms with Gasteiger partial charge in [-0.2, -0.15) is 4.31 Å². The third-order valence-corrected chi connectivity index (χ3v) is 6.20. The SMILES string of the molecule is CCc1ccc([N+](=O)[O-])cc1S(=O)(=O)N1CCC(C)(CN)C1.Cl. The summed E-state index contributed by atoms with van der Waals surface area (Å²) in [6.07, 6.45) is 1.19. The van der Waals surface area contributed by atoms with Gasteiger partial charge in [-0.15, -0.1) is 12.4 Å². The van der Waals surface area contributed by atoms with Crippen molar-refractivity contribution in [2.75, 3.05) is 19.6 Å². The molecule has 0 aliphatic carbocycles. The highest BCUT2D eigenvalue weighted by atomic mass is 35.5. The third-order valence-electron chi connectivity index (χ3n) is 4.28. The van der Waals surface area contributed by atoms with Gasteiger partial charge in [0.15, 0.2) is 0 Å². The molecule has 7 nitrogen and oxygen atoms in total. The van der Waals surface area contributed by atoms with Crippen LogP contribution in [0.2, 0.25) is 0 Å². The fourth-order valence-corrected chi connectivity index (χ4v) is 4.58. The fourth-order valence-electron chi connectivity index (χ4n) is 2.68. The standard InChI is InChI=1S/C14H21N3O4S.ClH/c1-3-11-4-5-12(17(18)19)8-13(11)22(20,21)16-7-6-14(2,9-15)10-16;/h4-5,8H,3,6-7,9-10,15H2,1-2H3;1H. The average Bonchev–Trinajstić information content (AvgIpc) is 2.90. The topological polar surface area (TPSA) is 107 Å². The number of non-ortho nitro benzene ring substituents is 1. The first-order chi connectivity index (χ1) is 10.2. The van der Waals surface area contributed by atoms with Gasteiger partial charge in [0, 0.05) is 25.2 Å². The van der Waals surface area contributed by atoms with Crippen LogP contribution in [0.15, 0.2) is 23.1 Å². The fraction of sp³-hybridized carbons (Fsp3) is 0.571. The predicted octanol–water partition coefficient (Wildman–Crippen LogP) is 1.94. The molecule has 0 saturated carbocycles. The minimum atomic E-state index is -3.75. The van der Waals surface area contributed by atoms with Crippen LogP contribution in [0, 0.1) is 15.5 Å². The Morgan fingerprint density at radius 3 is 2.57 bits per heavy atom. The van der Waals surface area contributed by atoms with Crippen molar-refractivity contribution in [1.82, 2.24) is 4.31 Å². The second-order valence-corrected chi connectivity index (χ2v) is 7.91. The van der Waals surface area contributed by atoms with Crippen LogP contribution < -0.4 is 5.73 Å². The maximum atomic E-state index is 12.9. The maximum Gasteiger partial charge on any atom is 0.270 e. The van der Waals surface area contributed by atoms with E-state index in [2.05, 4.69) is 0 Å². The molecule has 1 aliphatic heterocycles. The van der Waals surface area contributed by atoms with Crippen molar-refractivity contribution in [3.63, 3.8) is 0 Å². The van der Waals surface area contributed by atoms with Gasteiger partial charge in [-0.25, -0.2) is 8.42 Å². The van der Waals surface area contributed by atoms with E-state index in [0.717, 1.165) is 6.07 Å². The summed E-state index contributed by atoms with van der Waals surface area (Å²) in [6, 6.07) is 4.02. The van der Waals surface area contributed by atoms with E-state index in [1.165, 1.54) is 16.4 Å². The summed E-state index contributed by atoms with van der Waals surface area (Å²) in [7, 11) is -3.75. The van der Waals surface area contributed by atoms with Gasteiger partial charge >= 0.3 is 0 Å². The van der Waals surface area contributed by atoms with E-state index in [1.54, 1.807) is 0 Å². The summed E-state index contributed by atoms with van der Waals surface area (Å²) in [5, 5.41) is 10.9. The Balaban J connectivity index is 0.00000264. The van der Waals surface area contributed by atoms with Gasteiger partial charge in [0.05, 0.1) is 9.82 Å². The first-order valence-electron chi connectivity index (χ1n) is 7.21. The van der Waals surface area contributed by atoms with E-state index >= 15 is 0 Å². The Kier molecular flexibility index (Phi) is 6.14. The van der Waals surface area contributed by atoms with Crippen LogP contribution in [0.4, 0.5) is 5.69 Å². The molecule has 1 saturated heterocycles. The van der Waals surface area contributed by atoms with Gasteiger partial charge in [0.1, 0.15) is 0 Å². The molecule has 0 bridgehead atoms. The number of hydrogen-bond donors (Lipinski definition) is 1. The Morgan fingerprint density at radius 1 is 1.43 bits per heavy atom. The van der Waals surface area contributed by atoms with Gasteiger partial charge in [-0.3, -0.25) is 10.1 Å². The molecule has 9 heteroatoms. The van der Waals surface area contributed by atoms with Gasteiger partial charge < -0.3 is 5.73 Å². The van der Waals surface area contributed by atoms with Crippen LogP contribution in [0.25, 0.3) is 0 Å². The van der Waals surface area contributed by atoms with E-state index in [1.807, 2.05) is 13.8 Å². The number of aryl methyl sites for hydroxylation is 1. The highest BCUT2D eigenvalue weighted by molar-refractivity contribution is 7.89. The first-order valence-corrected chi connectivity index (χ1v) is 8.65. The number of rotatable bonds is 5.